The number of hydrogen-bond acceptors (Lipinski definition) is 5. The van der Waals surface area contributed by atoms with Crippen LogP contribution in [-0.2, 0) is 19.1 Å². The van der Waals surface area contributed by atoms with Crippen molar-refractivity contribution in [3.63, 3.8) is 0 Å². The van der Waals surface area contributed by atoms with Gasteiger partial charge in [0.2, 0.25) is 0 Å². The van der Waals surface area contributed by atoms with E-state index in [0.29, 0.717) is 12.8 Å². The van der Waals surface area contributed by atoms with Crippen molar-refractivity contribution >= 4 is 11.9 Å². The van der Waals surface area contributed by atoms with Gasteiger partial charge in [-0.05, 0) is 26.7 Å². The first-order valence-corrected chi connectivity index (χ1v) is 6.94. The molecule has 0 aromatic carbocycles. The normalized spacial score (nSPS) is 19.5. The highest BCUT2D eigenvalue weighted by Gasteiger charge is 2.44. The van der Waals surface area contributed by atoms with Crippen molar-refractivity contribution in [2.24, 2.45) is 5.92 Å². The van der Waals surface area contributed by atoms with Gasteiger partial charge in [0.15, 0.2) is 0 Å². The summed E-state index contributed by atoms with van der Waals surface area (Å²) in [5, 5.41) is 10.6. The van der Waals surface area contributed by atoms with Crippen LogP contribution >= 0.6 is 0 Å². The highest BCUT2D eigenvalue weighted by atomic mass is 16.5. The Bertz CT molecular complexity index is 307. The molecule has 1 unspecified atom stereocenters. The molecule has 1 N–H and O–H groups in total. The van der Waals surface area contributed by atoms with E-state index in [-0.39, 0.29) is 13.2 Å². The van der Waals surface area contributed by atoms with E-state index >= 15 is 0 Å². The van der Waals surface area contributed by atoms with Crippen molar-refractivity contribution in [3.8, 4) is 0 Å². The van der Waals surface area contributed by atoms with Crippen molar-refractivity contribution in [1.29, 1.82) is 0 Å². The fourth-order valence-electron chi connectivity index (χ4n) is 2.48. The van der Waals surface area contributed by atoms with Crippen LogP contribution in [0.2, 0.25) is 0 Å². The van der Waals surface area contributed by atoms with E-state index in [0.717, 1.165) is 25.7 Å². The van der Waals surface area contributed by atoms with Crippen molar-refractivity contribution < 1.29 is 24.2 Å². The lowest BCUT2D eigenvalue weighted by atomic mass is 9.74. The minimum Gasteiger partial charge on any atom is -0.466 e. The standard InChI is InChI=1S/C14H23O5/c1-3-18-12(15)10-11(13(16)19-4-2)14(17)8-6-5-7-9-14/h10-11,17H,3-9H2,1-2H3. The highest BCUT2D eigenvalue weighted by Crippen LogP contribution is 2.36. The Kier molecular flexibility index (Phi) is 6.28. The number of hydrogen-bond donors (Lipinski definition) is 1. The van der Waals surface area contributed by atoms with E-state index in [2.05, 4.69) is 0 Å². The Morgan fingerprint density at radius 2 is 1.74 bits per heavy atom. The molecule has 0 aromatic rings. The van der Waals surface area contributed by atoms with E-state index in [1.54, 1.807) is 13.8 Å². The summed E-state index contributed by atoms with van der Waals surface area (Å²) in [5.41, 5.74) is -1.18. The van der Waals surface area contributed by atoms with Crippen molar-refractivity contribution in [1.82, 2.24) is 0 Å². The minimum atomic E-state index is -1.18. The second kappa shape index (κ2) is 7.48. The van der Waals surface area contributed by atoms with Gasteiger partial charge < -0.3 is 14.6 Å². The average molecular weight is 271 g/mol. The predicted molar refractivity (Wildman–Crippen MR) is 69.1 cm³/mol. The molecule has 0 heterocycles. The molecule has 1 fully saturated rings. The molecule has 0 aromatic heterocycles. The summed E-state index contributed by atoms with van der Waals surface area (Å²) < 4.78 is 9.79. The lowest BCUT2D eigenvalue weighted by molar-refractivity contribution is -0.162. The van der Waals surface area contributed by atoms with Crippen molar-refractivity contribution in [2.75, 3.05) is 13.2 Å². The van der Waals surface area contributed by atoms with Crippen LogP contribution in [0.3, 0.4) is 0 Å². The second-order valence-corrected chi connectivity index (χ2v) is 4.81. The van der Waals surface area contributed by atoms with Crippen molar-refractivity contribution in [2.45, 2.75) is 51.6 Å². The second-order valence-electron chi connectivity index (χ2n) is 4.81. The number of rotatable bonds is 6. The molecular formula is C14H23O5. The molecule has 109 valence electrons. The maximum atomic E-state index is 12.0. The molecule has 1 saturated carbocycles. The van der Waals surface area contributed by atoms with E-state index in [1.807, 2.05) is 0 Å². The van der Waals surface area contributed by atoms with Crippen LogP contribution in [0.15, 0.2) is 0 Å². The third kappa shape index (κ3) is 4.49. The third-order valence-electron chi connectivity index (χ3n) is 3.43. The fraction of sp³-hybridized carbons (Fsp3) is 0.786. The molecule has 1 radical (unpaired) electrons. The zero-order valence-corrected chi connectivity index (χ0v) is 11.7. The zero-order chi connectivity index (χ0) is 14.3. The monoisotopic (exact) mass is 271 g/mol. The summed E-state index contributed by atoms with van der Waals surface area (Å²) in [6, 6.07) is 0. The number of ether oxygens (including phenoxy) is 2. The summed E-state index contributed by atoms with van der Waals surface area (Å²) in [6.45, 7) is 3.86. The molecule has 5 heteroatoms. The largest absolute Gasteiger partial charge is 0.466 e. The Balaban J connectivity index is 2.78. The van der Waals surface area contributed by atoms with E-state index in [4.69, 9.17) is 9.47 Å². The smallest absolute Gasteiger partial charge is 0.312 e. The lowest BCUT2D eigenvalue weighted by Crippen LogP contribution is -2.46. The topological polar surface area (TPSA) is 72.8 Å². The van der Waals surface area contributed by atoms with Gasteiger partial charge in [0.1, 0.15) is 0 Å². The molecule has 19 heavy (non-hydrogen) atoms. The molecule has 0 amide bonds. The molecule has 1 aliphatic rings. The van der Waals surface area contributed by atoms with Crippen LogP contribution in [0.1, 0.15) is 46.0 Å². The van der Waals surface area contributed by atoms with Crippen LogP contribution in [0.4, 0.5) is 0 Å². The summed E-state index contributed by atoms with van der Waals surface area (Å²) in [5.74, 6) is -2.08. The molecule has 0 bridgehead atoms. The van der Waals surface area contributed by atoms with Crippen LogP contribution in [0.5, 0.6) is 0 Å². The molecule has 1 rings (SSSR count). The SMILES string of the molecule is CCOC(=O)[CH]C(C(=O)OCC)C1(O)CCCCC1. The van der Waals surface area contributed by atoms with Gasteiger partial charge in [-0.25, -0.2) is 0 Å². The van der Waals surface area contributed by atoms with Crippen LogP contribution in [-0.4, -0.2) is 35.9 Å². The minimum absolute atomic E-state index is 0.224. The molecule has 0 aliphatic heterocycles. The quantitative estimate of drug-likeness (QED) is 0.743. The summed E-state index contributed by atoms with van der Waals surface area (Å²) in [7, 11) is 0. The summed E-state index contributed by atoms with van der Waals surface area (Å²) in [6.07, 6.45) is 4.91. The number of esters is 2. The Morgan fingerprint density at radius 3 is 2.26 bits per heavy atom. The maximum absolute atomic E-state index is 12.0. The Morgan fingerprint density at radius 1 is 1.16 bits per heavy atom. The highest BCUT2D eigenvalue weighted by molar-refractivity contribution is 5.88. The van der Waals surface area contributed by atoms with Crippen LogP contribution < -0.4 is 0 Å². The first-order valence-electron chi connectivity index (χ1n) is 6.94. The average Bonchev–Trinajstić information content (AvgIpc) is 2.37. The van der Waals surface area contributed by atoms with Gasteiger partial charge in [-0.2, -0.15) is 0 Å². The first kappa shape index (κ1) is 16.0. The van der Waals surface area contributed by atoms with Gasteiger partial charge >= 0.3 is 11.9 Å². The van der Waals surface area contributed by atoms with Gasteiger partial charge in [0, 0.05) is 0 Å². The van der Waals surface area contributed by atoms with Gasteiger partial charge in [-0.1, -0.05) is 19.3 Å². The van der Waals surface area contributed by atoms with Gasteiger partial charge in [-0.3, -0.25) is 9.59 Å². The number of carbonyl (C=O) groups is 2. The van der Waals surface area contributed by atoms with E-state index < -0.39 is 23.5 Å². The van der Waals surface area contributed by atoms with Gasteiger partial charge in [0.05, 0.1) is 31.2 Å². The van der Waals surface area contributed by atoms with E-state index in [1.165, 1.54) is 0 Å². The molecule has 5 nitrogen and oxygen atoms in total. The molecule has 1 atom stereocenters. The fourth-order valence-corrected chi connectivity index (χ4v) is 2.48. The molecule has 0 saturated heterocycles. The molecule has 0 spiro atoms. The van der Waals surface area contributed by atoms with Crippen LogP contribution in [0, 0.1) is 12.3 Å². The zero-order valence-electron chi connectivity index (χ0n) is 11.7. The van der Waals surface area contributed by atoms with E-state index in [9.17, 15) is 14.7 Å². The first-order chi connectivity index (χ1) is 9.03. The summed E-state index contributed by atoms with van der Waals surface area (Å²) in [4.78, 5) is 23.5. The third-order valence-corrected chi connectivity index (χ3v) is 3.43. The van der Waals surface area contributed by atoms with Gasteiger partial charge in [0.25, 0.3) is 0 Å². The number of carbonyl (C=O) groups excluding carboxylic acids is 2. The predicted octanol–water partition coefficient (Wildman–Crippen LogP) is 1.63. The summed E-state index contributed by atoms with van der Waals surface area (Å²) >= 11 is 0. The Hall–Kier alpha value is -1.10. The molecular weight excluding hydrogens is 248 g/mol. The van der Waals surface area contributed by atoms with Gasteiger partial charge in [-0.15, -0.1) is 0 Å². The maximum Gasteiger partial charge on any atom is 0.312 e. The van der Waals surface area contributed by atoms with Crippen molar-refractivity contribution in [3.05, 3.63) is 6.42 Å². The Labute approximate surface area is 114 Å². The number of aliphatic hydroxyl groups is 1. The molecule has 1 aliphatic carbocycles. The lowest BCUT2D eigenvalue weighted by Gasteiger charge is -2.37. The van der Waals surface area contributed by atoms with Crippen LogP contribution in [0.25, 0.3) is 0 Å².